The molecule has 0 atom stereocenters. The van der Waals surface area contributed by atoms with Gasteiger partial charge in [0.15, 0.2) is 5.15 Å². The van der Waals surface area contributed by atoms with Crippen molar-refractivity contribution in [1.82, 2.24) is 20.3 Å². The Kier molecular flexibility index (Phi) is 5.56. The molecule has 0 unspecified atom stereocenters. The molecule has 0 aromatic carbocycles. The van der Waals surface area contributed by atoms with Crippen molar-refractivity contribution in [2.45, 2.75) is 46.2 Å². The van der Waals surface area contributed by atoms with Crippen LogP contribution in [0.1, 0.15) is 42.5 Å². The van der Waals surface area contributed by atoms with Gasteiger partial charge < -0.3 is 10.3 Å². The quantitative estimate of drug-likeness (QED) is 0.822. The minimum Gasteiger partial charge on any atom is -0.344 e. The maximum absolute atomic E-state index is 6.14. The number of nitrogens with one attached hydrogen (secondary N) is 2. The van der Waals surface area contributed by atoms with Gasteiger partial charge in [-0.2, -0.15) is 0 Å². The number of aryl methyl sites for hydroxylation is 2. The summed E-state index contributed by atoms with van der Waals surface area (Å²) in [5.74, 6) is 0.975. The van der Waals surface area contributed by atoms with E-state index in [9.17, 15) is 0 Å². The van der Waals surface area contributed by atoms with Crippen molar-refractivity contribution >= 4 is 11.6 Å². The molecule has 2 rings (SSSR count). The third-order valence-corrected chi connectivity index (χ3v) is 3.57. The first-order valence-electron chi connectivity index (χ1n) is 7.05. The summed E-state index contributed by atoms with van der Waals surface area (Å²) in [4.78, 5) is 12.0. The maximum atomic E-state index is 6.14. The number of imidazole rings is 1. The number of hydrogen-bond donors (Lipinski definition) is 2. The molecule has 0 radical (unpaired) electrons. The molecule has 2 aromatic heterocycles. The number of aromatic amines is 1. The number of H-pyrrole nitrogens is 1. The van der Waals surface area contributed by atoms with Gasteiger partial charge in [-0.15, -0.1) is 0 Å². The number of unbranched alkanes of at least 4 members (excludes halogenated alkanes) is 1. The Balaban J connectivity index is 1.88. The predicted octanol–water partition coefficient (Wildman–Crippen LogP) is 3.40. The summed E-state index contributed by atoms with van der Waals surface area (Å²) in [6, 6.07) is 4.01. The average molecular weight is 293 g/mol. The first kappa shape index (κ1) is 15.0. The van der Waals surface area contributed by atoms with Crippen molar-refractivity contribution in [3.05, 3.63) is 46.3 Å². The van der Waals surface area contributed by atoms with Gasteiger partial charge in [0, 0.05) is 25.7 Å². The summed E-state index contributed by atoms with van der Waals surface area (Å²) in [6.07, 6.45) is 5.06. The van der Waals surface area contributed by atoms with Crippen molar-refractivity contribution in [3.8, 4) is 0 Å². The molecule has 0 aliphatic carbocycles. The Labute approximate surface area is 125 Å². The standard InChI is InChI=1S/C15H21ClN4/c1-3-4-7-14-19-13(15(16)20-14)10-17-9-12-11(2)6-5-8-18-12/h5-6,8,17H,3-4,7,9-10H2,1-2H3,(H,19,20). The van der Waals surface area contributed by atoms with E-state index in [1.807, 2.05) is 12.3 Å². The number of halogens is 1. The van der Waals surface area contributed by atoms with E-state index in [0.29, 0.717) is 11.7 Å². The van der Waals surface area contributed by atoms with Crippen molar-refractivity contribution < 1.29 is 0 Å². The predicted molar refractivity (Wildman–Crippen MR) is 81.7 cm³/mol. The molecular weight excluding hydrogens is 272 g/mol. The van der Waals surface area contributed by atoms with E-state index in [2.05, 4.69) is 40.2 Å². The summed E-state index contributed by atoms with van der Waals surface area (Å²) in [5, 5.41) is 3.92. The number of rotatable bonds is 7. The lowest BCUT2D eigenvalue weighted by Crippen LogP contribution is -2.15. The zero-order valence-corrected chi connectivity index (χ0v) is 12.8. The first-order valence-corrected chi connectivity index (χ1v) is 7.43. The monoisotopic (exact) mass is 292 g/mol. The molecule has 0 bridgehead atoms. The van der Waals surface area contributed by atoms with Crippen LogP contribution in [0, 0.1) is 6.92 Å². The van der Waals surface area contributed by atoms with Crippen LogP contribution in [-0.2, 0) is 19.5 Å². The lowest BCUT2D eigenvalue weighted by atomic mass is 10.2. The third-order valence-electron chi connectivity index (χ3n) is 3.26. The summed E-state index contributed by atoms with van der Waals surface area (Å²) in [7, 11) is 0. The maximum Gasteiger partial charge on any atom is 0.151 e. The number of nitrogens with zero attached hydrogens (tertiary/aromatic N) is 2. The van der Waals surface area contributed by atoms with E-state index in [0.717, 1.165) is 43.0 Å². The van der Waals surface area contributed by atoms with Gasteiger partial charge in [0.1, 0.15) is 5.82 Å². The third kappa shape index (κ3) is 4.05. The van der Waals surface area contributed by atoms with Crippen molar-refractivity contribution in [2.75, 3.05) is 0 Å². The second-order valence-electron chi connectivity index (χ2n) is 4.93. The molecule has 20 heavy (non-hydrogen) atoms. The van der Waals surface area contributed by atoms with E-state index in [1.54, 1.807) is 0 Å². The van der Waals surface area contributed by atoms with Crippen LogP contribution in [0.4, 0.5) is 0 Å². The van der Waals surface area contributed by atoms with Gasteiger partial charge in [0.2, 0.25) is 0 Å². The second kappa shape index (κ2) is 7.41. The molecule has 108 valence electrons. The topological polar surface area (TPSA) is 53.6 Å². The van der Waals surface area contributed by atoms with Crippen LogP contribution in [0.15, 0.2) is 18.3 Å². The fourth-order valence-electron chi connectivity index (χ4n) is 2.03. The van der Waals surface area contributed by atoms with E-state index < -0.39 is 0 Å². The molecular formula is C15H21ClN4. The van der Waals surface area contributed by atoms with Gasteiger partial charge in [0.25, 0.3) is 0 Å². The van der Waals surface area contributed by atoms with Gasteiger partial charge in [-0.05, 0) is 25.0 Å². The highest BCUT2D eigenvalue weighted by molar-refractivity contribution is 6.30. The first-order chi connectivity index (χ1) is 9.70. The van der Waals surface area contributed by atoms with Gasteiger partial charge in [-0.1, -0.05) is 31.0 Å². The Morgan fingerprint density at radius 2 is 2.20 bits per heavy atom. The molecule has 0 amide bonds. The zero-order valence-electron chi connectivity index (χ0n) is 12.0. The van der Waals surface area contributed by atoms with Crippen LogP contribution in [0.5, 0.6) is 0 Å². The Bertz CT molecular complexity index is 551. The lowest BCUT2D eigenvalue weighted by molar-refractivity contribution is 0.664. The van der Waals surface area contributed by atoms with Crippen LogP contribution in [0.2, 0.25) is 5.15 Å². The van der Waals surface area contributed by atoms with E-state index in [1.165, 1.54) is 5.56 Å². The van der Waals surface area contributed by atoms with Crippen LogP contribution in [0.25, 0.3) is 0 Å². The van der Waals surface area contributed by atoms with Gasteiger partial charge in [0.05, 0.1) is 11.4 Å². The number of hydrogen-bond acceptors (Lipinski definition) is 3. The highest BCUT2D eigenvalue weighted by Gasteiger charge is 2.08. The lowest BCUT2D eigenvalue weighted by Gasteiger charge is -2.05. The van der Waals surface area contributed by atoms with E-state index in [4.69, 9.17) is 11.6 Å². The molecule has 4 nitrogen and oxygen atoms in total. The van der Waals surface area contributed by atoms with Gasteiger partial charge in [-0.25, -0.2) is 4.98 Å². The molecule has 2 aromatic rings. The average Bonchev–Trinajstić information content (AvgIpc) is 2.79. The zero-order chi connectivity index (χ0) is 14.4. The van der Waals surface area contributed by atoms with Gasteiger partial charge in [-0.3, -0.25) is 4.98 Å². The molecule has 0 spiro atoms. The highest BCUT2D eigenvalue weighted by atomic mass is 35.5. The Hall–Kier alpha value is -1.39. The fraction of sp³-hybridized carbons (Fsp3) is 0.467. The largest absolute Gasteiger partial charge is 0.344 e. The Morgan fingerprint density at radius 3 is 2.95 bits per heavy atom. The summed E-state index contributed by atoms with van der Waals surface area (Å²) in [6.45, 7) is 5.64. The second-order valence-corrected chi connectivity index (χ2v) is 5.28. The molecule has 0 saturated heterocycles. The summed E-state index contributed by atoms with van der Waals surface area (Å²) in [5.41, 5.74) is 3.21. The van der Waals surface area contributed by atoms with Crippen molar-refractivity contribution in [3.63, 3.8) is 0 Å². The summed E-state index contributed by atoms with van der Waals surface area (Å²) >= 11 is 6.14. The van der Waals surface area contributed by atoms with Crippen LogP contribution >= 0.6 is 11.6 Å². The van der Waals surface area contributed by atoms with Crippen molar-refractivity contribution in [2.24, 2.45) is 0 Å². The fourth-order valence-corrected chi connectivity index (χ4v) is 2.24. The number of pyridine rings is 1. The molecule has 5 heteroatoms. The normalized spacial score (nSPS) is 10.9. The van der Waals surface area contributed by atoms with Gasteiger partial charge >= 0.3 is 0 Å². The van der Waals surface area contributed by atoms with Crippen LogP contribution in [-0.4, -0.2) is 15.0 Å². The smallest absolute Gasteiger partial charge is 0.151 e. The van der Waals surface area contributed by atoms with E-state index >= 15 is 0 Å². The van der Waals surface area contributed by atoms with E-state index in [-0.39, 0.29) is 0 Å². The molecule has 2 N–H and O–H groups in total. The van der Waals surface area contributed by atoms with Crippen molar-refractivity contribution in [1.29, 1.82) is 0 Å². The van der Waals surface area contributed by atoms with Crippen LogP contribution in [0.3, 0.4) is 0 Å². The molecule has 0 aliphatic rings. The number of aromatic nitrogens is 3. The Morgan fingerprint density at radius 1 is 1.35 bits per heavy atom. The highest BCUT2D eigenvalue weighted by Crippen LogP contribution is 2.14. The summed E-state index contributed by atoms with van der Waals surface area (Å²) < 4.78 is 0. The molecule has 0 saturated carbocycles. The van der Waals surface area contributed by atoms with Crippen LogP contribution < -0.4 is 5.32 Å². The SMILES string of the molecule is CCCCc1nc(Cl)c(CNCc2ncccc2C)[nH]1. The minimum atomic E-state index is 0.571. The minimum absolute atomic E-state index is 0.571. The molecule has 0 fully saturated rings. The molecule has 0 aliphatic heterocycles. The molecule has 2 heterocycles.